The number of rotatable bonds is 5. The number of aromatic amines is 1. The Labute approximate surface area is 158 Å². The highest BCUT2D eigenvalue weighted by Crippen LogP contribution is 2.21. The minimum absolute atomic E-state index is 0.0363. The third kappa shape index (κ3) is 3.49. The number of thioether (sulfide) groups is 1. The van der Waals surface area contributed by atoms with Crippen LogP contribution in [0.1, 0.15) is 0 Å². The van der Waals surface area contributed by atoms with Gasteiger partial charge in [0.15, 0.2) is 5.82 Å². The largest absolute Gasteiger partial charge is 0.298 e. The van der Waals surface area contributed by atoms with Crippen LogP contribution >= 0.6 is 23.4 Å². The van der Waals surface area contributed by atoms with Gasteiger partial charge >= 0.3 is 0 Å². The standard InChI is InChI=1S/C18H14ClN5OS/c19-13-5-3-4-12(10-13)16-21-18(23-22-16)26-9-8-24-11-20-15-7-2-1-6-14(15)17(24)25/h1-7,10-11H,8-9H2,(H,21,22,23). The highest BCUT2D eigenvalue weighted by atomic mass is 35.5. The second-order valence-electron chi connectivity index (χ2n) is 5.59. The summed E-state index contributed by atoms with van der Waals surface area (Å²) in [5.74, 6) is 1.33. The highest BCUT2D eigenvalue weighted by Gasteiger charge is 2.08. The molecule has 4 aromatic rings. The zero-order chi connectivity index (χ0) is 17.9. The molecule has 0 aliphatic rings. The van der Waals surface area contributed by atoms with Crippen molar-refractivity contribution in [2.24, 2.45) is 0 Å². The zero-order valence-electron chi connectivity index (χ0n) is 13.6. The van der Waals surface area contributed by atoms with Crippen LogP contribution in [-0.2, 0) is 6.54 Å². The summed E-state index contributed by atoms with van der Waals surface area (Å²) >= 11 is 7.48. The molecule has 6 nitrogen and oxygen atoms in total. The Bertz CT molecular complexity index is 1120. The number of nitrogens with zero attached hydrogens (tertiary/aromatic N) is 4. The van der Waals surface area contributed by atoms with Gasteiger partial charge in [0.1, 0.15) is 0 Å². The smallest absolute Gasteiger partial charge is 0.261 e. The van der Waals surface area contributed by atoms with Crippen LogP contribution in [0.25, 0.3) is 22.3 Å². The summed E-state index contributed by atoms with van der Waals surface area (Å²) < 4.78 is 1.61. The van der Waals surface area contributed by atoms with Crippen LogP contribution in [0.3, 0.4) is 0 Å². The van der Waals surface area contributed by atoms with E-state index in [1.165, 1.54) is 11.8 Å². The third-order valence-electron chi connectivity index (χ3n) is 3.86. The highest BCUT2D eigenvalue weighted by molar-refractivity contribution is 7.99. The van der Waals surface area contributed by atoms with Crippen molar-refractivity contribution >= 4 is 34.3 Å². The molecule has 0 atom stereocenters. The summed E-state index contributed by atoms with van der Waals surface area (Å²) in [6, 6.07) is 14.8. The fourth-order valence-corrected chi connectivity index (χ4v) is 3.50. The SMILES string of the molecule is O=c1c2ccccc2ncn1CCSc1n[nH]c(-c2cccc(Cl)c2)n1. The van der Waals surface area contributed by atoms with Gasteiger partial charge in [-0.2, -0.15) is 0 Å². The van der Waals surface area contributed by atoms with Crippen LogP contribution in [0.5, 0.6) is 0 Å². The van der Waals surface area contributed by atoms with Crippen molar-refractivity contribution < 1.29 is 0 Å². The molecule has 130 valence electrons. The van der Waals surface area contributed by atoms with E-state index in [9.17, 15) is 4.79 Å². The van der Waals surface area contributed by atoms with E-state index in [4.69, 9.17) is 11.6 Å². The van der Waals surface area contributed by atoms with Crippen molar-refractivity contribution in [2.75, 3.05) is 5.75 Å². The molecule has 2 aromatic heterocycles. The fraction of sp³-hybridized carbons (Fsp3) is 0.111. The van der Waals surface area contributed by atoms with Gasteiger partial charge in [-0.1, -0.05) is 47.6 Å². The maximum Gasteiger partial charge on any atom is 0.261 e. The molecule has 0 fully saturated rings. The lowest BCUT2D eigenvalue weighted by Gasteiger charge is -2.05. The number of para-hydroxylation sites is 1. The van der Waals surface area contributed by atoms with Crippen LogP contribution in [0.15, 0.2) is 64.8 Å². The van der Waals surface area contributed by atoms with Gasteiger partial charge in [0.2, 0.25) is 5.16 Å². The number of hydrogen-bond acceptors (Lipinski definition) is 5. The van der Waals surface area contributed by atoms with Gasteiger partial charge < -0.3 is 0 Å². The van der Waals surface area contributed by atoms with Gasteiger partial charge in [0.05, 0.1) is 17.2 Å². The molecule has 8 heteroatoms. The monoisotopic (exact) mass is 383 g/mol. The predicted octanol–water partition coefficient (Wildman–Crippen LogP) is 3.63. The Morgan fingerprint density at radius 2 is 2.04 bits per heavy atom. The van der Waals surface area contributed by atoms with Gasteiger partial charge in [0.25, 0.3) is 5.56 Å². The molecule has 1 N–H and O–H groups in total. The second kappa shape index (κ2) is 7.31. The first-order valence-corrected chi connectivity index (χ1v) is 9.32. The zero-order valence-corrected chi connectivity index (χ0v) is 15.2. The molecule has 0 aliphatic heterocycles. The average molecular weight is 384 g/mol. The number of aryl methyl sites for hydroxylation is 1. The number of nitrogens with one attached hydrogen (secondary N) is 1. The van der Waals surface area contributed by atoms with E-state index in [-0.39, 0.29) is 5.56 Å². The minimum atomic E-state index is -0.0363. The number of benzene rings is 2. The molecule has 0 aliphatic carbocycles. The molecule has 0 amide bonds. The molecule has 0 bridgehead atoms. The number of fused-ring (bicyclic) bond motifs is 1. The lowest BCUT2D eigenvalue weighted by molar-refractivity contribution is 0.724. The fourth-order valence-electron chi connectivity index (χ4n) is 2.58. The summed E-state index contributed by atoms with van der Waals surface area (Å²) in [4.78, 5) is 21.2. The molecule has 0 radical (unpaired) electrons. The van der Waals surface area contributed by atoms with Crippen molar-refractivity contribution in [3.05, 3.63) is 70.2 Å². The van der Waals surface area contributed by atoms with E-state index in [1.807, 2.05) is 42.5 Å². The van der Waals surface area contributed by atoms with Crippen LogP contribution in [-0.4, -0.2) is 30.5 Å². The van der Waals surface area contributed by atoms with Gasteiger partial charge in [-0.05, 0) is 24.3 Å². The molecular weight excluding hydrogens is 370 g/mol. The number of halogens is 1. The van der Waals surface area contributed by atoms with E-state index in [0.717, 1.165) is 5.56 Å². The van der Waals surface area contributed by atoms with Crippen molar-refractivity contribution in [2.45, 2.75) is 11.7 Å². The summed E-state index contributed by atoms with van der Waals surface area (Å²) in [7, 11) is 0. The second-order valence-corrected chi connectivity index (χ2v) is 7.08. The van der Waals surface area contributed by atoms with Gasteiger partial charge in [0, 0.05) is 22.9 Å². The normalized spacial score (nSPS) is 11.1. The van der Waals surface area contributed by atoms with Crippen molar-refractivity contribution in [3.63, 3.8) is 0 Å². The van der Waals surface area contributed by atoms with E-state index in [0.29, 0.717) is 39.2 Å². The summed E-state index contributed by atoms with van der Waals surface area (Å²) in [5, 5.41) is 9.02. The molecule has 0 unspecified atom stereocenters. The van der Waals surface area contributed by atoms with Gasteiger partial charge in [-0.25, -0.2) is 9.97 Å². The van der Waals surface area contributed by atoms with Crippen LogP contribution in [0, 0.1) is 0 Å². The van der Waals surface area contributed by atoms with E-state index < -0.39 is 0 Å². The summed E-state index contributed by atoms with van der Waals surface area (Å²) in [5.41, 5.74) is 1.55. The topological polar surface area (TPSA) is 76.5 Å². The Morgan fingerprint density at radius 1 is 1.15 bits per heavy atom. The van der Waals surface area contributed by atoms with Crippen molar-refractivity contribution in [3.8, 4) is 11.4 Å². The average Bonchev–Trinajstić information content (AvgIpc) is 3.13. The first-order valence-electron chi connectivity index (χ1n) is 7.96. The molecule has 26 heavy (non-hydrogen) atoms. The van der Waals surface area contributed by atoms with Crippen LogP contribution in [0.2, 0.25) is 5.02 Å². The van der Waals surface area contributed by atoms with Crippen LogP contribution in [0.4, 0.5) is 0 Å². The summed E-state index contributed by atoms with van der Waals surface area (Å²) in [6.45, 7) is 0.530. The molecule has 0 saturated heterocycles. The van der Waals surface area contributed by atoms with E-state index in [2.05, 4.69) is 20.2 Å². The van der Waals surface area contributed by atoms with Gasteiger partial charge in [-0.15, -0.1) is 5.10 Å². The molecule has 2 heterocycles. The first kappa shape index (κ1) is 16.8. The number of aromatic nitrogens is 5. The number of H-pyrrole nitrogens is 1. The van der Waals surface area contributed by atoms with Crippen molar-refractivity contribution in [1.29, 1.82) is 0 Å². The van der Waals surface area contributed by atoms with E-state index in [1.54, 1.807) is 17.0 Å². The Kier molecular flexibility index (Phi) is 4.73. The maximum absolute atomic E-state index is 12.5. The number of hydrogen-bond donors (Lipinski definition) is 1. The van der Waals surface area contributed by atoms with E-state index >= 15 is 0 Å². The lowest BCUT2D eigenvalue weighted by Crippen LogP contribution is -2.21. The molecule has 0 saturated carbocycles. The van der Waals surface area contributed by atoms with Gasteiger partial charge in [-0.3, -0.25) is 14.5 Å². The Hall–Kier alpha value is -2.64. The molecule has 4 rings (SSSR count). The quantitative estimate of drug-likeness (QED) is 0.532. The maximum atomic E-state index is 12.5. The lowest BCUT2D eigenvalue weighted by atomic mass is 10.2. The summed E-state index contributed by atoms with van der Waals surface area (Å²) in [6.07, 6.45) is 1.58. The Morgan fingerprint density at radius 3 is 2.92 bits per heavy atom. The molecule has 0 spiro atoms. The minimum Gasteiger partial charge on any atom is -0.298 e. The Balaban J connectivity index is 1.44. The van der Waals surface area contributed by atoms with Crippen molar-refractivity contribution in [1.82, 2.24) is 24.7 Å². The third-order valence-corrected chi connectivity index (χ3v) is 4.92. The van der Waals surface area contributed by atoms with Crippen LogP contribution < -0.4 is 5.56 Å². The predicted molar refractivity (Wildman–Crippen MR) is 104 cm³/mol. The molecular formula is C18H14ClN5OS. The molecule has 2 aromatic carbocycles. The first-order chi connectivity index (χ1) is 12.7.